The third-order valence-corrected chi connectivity index (χ3v) is 3.50. The molecule has 2 aromatic carbocycles. The molecule has 0 aromatic heterocycles. The van der Waals surface area contributed by atoms with Gasteiger partial charge in [0, 0.05) is 6.92 Å². The Hall–Kier alpha value is -3.34. The third kappa shape index (κ3) is 4.39. The summed E-state index contributed by atoms with van der Waals surface area (Å²) in [4.78, 5) is 24.8. The number of hydrogen-bond acceptors (Lipinski definition) is 3. The molecule has 1 N–H and O–H groups in total. The predicted octanol–water partition coefficient (Wildman–Crippen LogP) is 3.57. The van der Waals surface area contributed by atoms with Gasteiger partial charge >= 0.3 is 6.18 Å². The molecule has 0 saturated carbocycles. The van der Waals surface area contributed by atoms with Crippen LogP contribution in [-0.4, -0.2) is 18.4 Å². The van der Waals surface area contributed by atoms with Gasteiger partial charge in [0.1, 0.15) is 12.6 Å². The highest BCUT2D eigenvalue weighted by Crippen LogP contribution is 2.36. The van der Waals surface area contributed by atoms with Gasteiger partial charge in [-0.1, -0.05) is 24.3 Å². The number of anilines is 2. The molecule has 0 saturated heterocycles. The summed E-state index contributed by atoms with van der Waals surface area (Å²) in [6.07, 6.45) is -4.67. The van der Waals surface area contributed by atoms with E-state index in [1.807, 2.05) is 6.07 Å². The zero-order valence-electron chi connectivity index (χ0n) is 13.7. The Balaban J connectivity index is 2.29. The summed E-state index contributed by atoms with van der Waals surface area (Å²) in [6, 6.07) is 12.6. The number of nitrogens with one attached hydrogen (secondary N) is 1. The molecule has 0 radical (unpaired) electrons. The first kappa shape index (κ1) is 19.0. The highest BCUT2D eigenvalue weighted by molar-refractivity contribution is 6.02. The fourth-order valence-corrected chi connectivity index (χ4v) is 2.34. The molecule has 0 atom stereocenters. The van der Waals surface area contributed by atoms with E-state index in [1.165, 1.54) is 24.3 Å². The van der Waals surface area contributed by atoms with Gasteiger partial charge in [-0.15, -0.1) is 0 Å². The van der Waals surface area contributed by atoms with Crippen LogP contribution in [0.2, 0.25) is 0 Å². The van der Waals surface area contributed by atoms with Gasteiger partial charge < -0.3 is 10.2 Å². The number of halogens is 3. The van der Waals surface area contributed by atoms with Crippen molar-refractivity contribution in [3.05, 3.63) is 59.7 Å². The number of nitriles is 1. The summed E-state index contributed by atoms with van der Waals surface area (Å²) in [5, 5.41) is 11.5. The molecule has 0 aliphatic carbocycles. The first-order valence-corrected chi connectivity index (χ1v) is 7.47. The van der Waals surface area contributed by atoms with Crippen molar-refractivity contribution in [2.45, 2.75) is 13.1 Å². The van der Waals surface area contributed by atoms with E-state index in [2.05, 4.69) is 5.32 Å². The second-order valence-electron chi connectivity index (χ2n) is 5.33. The highest BCUT2D eigenvalue weighted by atomic mass is 19.4. The summed E-state index contributed by atoms with van der Waals surface area (Å²) in [7, 11) is 0. The molecule has 8 heteroatoms. The van der Waals surface area contributed by atoms with Crippen LogP contribution < -0.4 is 10.2 Å². The van der Waals surface area contributed by atoms with Crippen molar-refractivity contribution in [1.82, 2.24) is 0 Å². The smallest absolute Gasteiger partial charge is 0.323 e. The summed E-state index contributed by atoms with van der Waals surface area (Å²) in [5.41, 5.74) is -1.00. The minimum absolute atomic E-state index is 0.200. The van der Waals surface area contributed by atoms with Crippen molar-refractivity contribution >= 4 is 23.2 Å². The Labute approximate surface area is 147 Å². The number of rotatable bonds is 4. The van der Waals surface area contributed by atoms with E-state index in [1.54, 1.807) is 12.1 Å². The number of amides is 2. The van der Waals surface area contributed by atoms with Crippen molar-refractivity contribution in [2.75, 3.05) is 16.8 Å². The van der Waals surface area contributed by atoms with Gasteiger partial charge in [-0.2, -0.15) is 18.4 Å². The van der Waals surface area contributed by atoms with E-state index in [9.17, 15) is 22.8 Å². The predicted molar refractivity (Wildman–Crippen MR) is 89.3 cm³/mol. The molecule has 0 fully saturated rings. The molecule has 0 aliphatic heterocycles. The van der Waals surface area contributed by atoms with Gasteiger partial charge in [-0.05, 0) is 24.3 Å². The summed E-state index contributed by atoms with van der Waals surface area (Å²) in [6.45, 7) is 0.450. The minimum Gasteiger partial charge on any atom is -0.323 e. The molecule has 2 rings (SSSR count). The Morgan fingerprint density at radius 1 is 1.12 bits per heavy atom. The molecule has 134 valence electrons. The summed E-state index contributed by atoms with van der Waals surface area (Å²) >= 11 is 0. The zero-order valence-corrected chi connectivity index (χ0v) is 13.7. The van der Waals surface area contributed by atoms with Gasteiger partial charge in [0.2, 0.25) is 11.8 Å². The summed E-state index contributed by atoms with van der Waals surface area (Å²) < 4.78 is 39.5. The Bertz CT molecular complexity index is 872. The highest BCUT2D eigenvalue weighted by Gasteiger charge is 2.35. The Morgan fingerprint density at radius 3 is 2.35 bits per heavy atom. The molecule has 0 aliphatic rings. The van der Waals surface area contributed by atoms with E-state index >= 15 is 0 Å². The van der Waals surface area contributed by atoms with Gasteiger partial charge in [-0.3, -0.25) is 9.59 Å². The van der Waals surface area contributed by atoms with Gasteiger partial charge in [0.15, 0.2) is 0 Å². The molecule has 2 amide bonds. The number of para-hydroxylation sites is 2. The van der Waals surface area contributed by atoms with E-state index in [-0.39, 0.29) is 11.3 Å². The second kappa shape index (κ2) is 7.70. The molecular formula is C18H14F3N3O2. The topological polar surface area (TPSA) is 73.2 Å². The average molecular weight is 361 g/mol. The number of nitrogens with zero attached hydrogens (tertiary/aromatic N) is 2. The van der Waals surface area contributed by atoms with Crippen LogP contribution in [0.15, 0.2) is 48.5 Å². The average Bonchev–Trinajstić information content (AvgIpc) is 2.59. The van der Waals surface area contributed by atoms with Crippen LogP contribution in [0, 0.1) is 11.3 Å². The van der Waals surface area contributed by atoms with Crippen molar-refractivity contribution in [2.24, 2.45) is 0 Å². The van der Waals surface area contributed by atoms with Crippen LogP contribution in [0.3, 0.4) is 0 Å². The van der Waals surface area contributed by atoms with Crippen LogP contribution >= 0.6 is 0 Å². The largest absolute Gasteiger partial charge is 0.418 e. The maximum atomic E-state index is 13.2. The standard InChI is InChI=1S/C18H14F3N3O2/c1-12(25)24(16-9-5-3-7-14(16)18(19,20)21)11-17(26)23-15-8-4-2-6-13(15)10-22/h2-9H,11H2,1H3,(H,23,26). The normalized spacial score (nSPS) is 10.7. The van der Waals surface area contributed by atoms with Crippen molar-refractivity contribution in [3.8, 4) is 6.07 Å². The molecule has 5 nitrogen and oxygen atoms in total. The maximum absolute atomic E-state index is 13.2. The molecule has 0 unspecified atom stereocenters. The first-order chi connectivity index (χ1) is 12.2. The van der Waals surface area contributed by atoms with E-state index in [4.69, 9.17) is 5.26 Å². The quantitative estimate of drug-likeness (QED) is 0.905. The molecule has 0 spiro atoms. The van der Waals surface area contributed by atoms with Crippen molar-refractivity contribution in [1.29, 1.82) is 5.26 Å². The van der Waals surface area contributed by atoms with Crippen LogP contribution in [0.4, 0.5) is 24.5 Å². The van der Waals surface area contributed by atoms with E-state index < -0.39 is 35.8 Å². The lowest BCUT2D eigenvalue weighted by molar-refractivity contribution is -0.137. The lowest BCUT2D eigenvalue weighted by Gasteiger charge is -2.24. The first-order valence-electron chi connectivity index (χ1n) is 7.47. The van der Waals surface area contributed by atoms with Crippen LogP contribution in [0.1, 0.15) is 18.1 Å². The maximum Gasteiger partial charge on any atom is 0.418 e. The lowest BCUT2D eigenvalue weighted by Crippen LogP contribution is -2.38. The number of alkyl halides is 3. The van der Waals surface area contributed by atoms with Crippen LogP contribution in [-0.2, 0) is 15.8 Å². The van der Waals surface area contributed by atoms with Gasteiger partial charge in [-0.25, -0.2) is 0 Å². The molecule has 0 heterocycles. The number of carbonyl (C=O) groups is 2. The van der Waals surface area contributed by atoms with Crippen molar-refractivity contribution in [3.63, 3.8) is 0 Å². The van der Waals surface area contributed by atoms with Gasteiger partial charge in [0.05, 0.1) is 22.5 Å². The number of carbonyl (C=O) groups excluding carboxylic acids is 2. The van der Waals surface area contributed by atoms with E-state index in [0.29, 0.717) is 0 Å². The minimum atomic E-state index is -4.67. The second-order valence-corrected chi connectivity index (χ2v) is 5.33. The lowest BCUT2D eigenvalue weighted by atomic mass is 10.1. The zero-order chi connectivity index (χ0) is 19.3. The fraction of sp³-hybridized carbons (Fsp3) is 0.167. The van der Waals surface area contributed by atoms with Crippen molar-refractivity contribution < 1.29 is 22.8 Å². The van der Waals surface area contributed by atoms with Gasteiger partial charge in [0.25, 0.3) is 0 Å². The SMILES string of the molecule is CC(=O)N(CC(=O)Nc1ccccc1C#N)c1ccccc1C(F)(F)F. The van der Waals surface area contributed by atoms with Crippen LogP contribution in [0.5, 0.6) is 0 Å². The monoisotopic (exact) mass is 361 g/mol. The molecule has 26 heavy (non-hydrogen) atoms. The fourth-order valence-electron chi connectivity index (χ4n) is 2.34. The Morgan fingerprint density at radius 2 is 1.73 bits per heavy atom. The van der Waals surface area contributed by atoms with E-state index in [0.717, 1.165) is 24.0 Å². The molecule has 2 aromatic rings. The molecular weight excluding hydrogens is 347 g/mol. The number of benzene rings is 2. The summed E-state index contributed by atoms with van der Waals surface area (Å²) in [5.74, 6) is -1.44. The molecule has 0 bridgehead atoms. The Kier molecular flexibility index (Phi) is 5.62. The number of hydrogen-bond donors (Lipinski definition) is 1. The van der Waals surface area contributed by atoms with Crippen LogP contribution in [0.25, 0.3) is 0 Å². The third-order valence-electron chi connectivity index (χ3n) is 3.50.